The van der Waals surface area contributed by atoms with E-state index in [-0.39, 0.29) is 11.7 Å². The number of carbonyl (C=O) groups is 1. The molecule has 0 radical (unpaired) electrons. The predicted octanol–water partition coefficient (Wildman–Crippen LogP) is 6.20. The minimum absolute atomic E-state index is 0.243. The normalized spacial score (nSPS) is 14.3. The van der Waals surface area contributed by atoms with Crippen LogP contribution in [0, 0.1) is 19.7 Å². The van der Waals surface area contributed by atoms with Gasteiger partial charge in [0.2, 0.25) is 0 Å². The molecular formula is C27H26FN3O2. The molecule has 1 unspecified atom stereocenters. The van der Waals surface area contributed by atoms with Crippen molar-refractivity contribution in [2.24, 2.45) is 0 Å². The Bertz CT molecular complexity index is 1360. The number of hydrogen-bond acceptors (Lipinski definition) is 3. The highest BCUT2D eigenvalue weighted by atomic mass is 19.1. The lowest BCUT2D eigenvalue weighted by Crippen LogP contribution is -2.30. The van der Waals surface area contributed by atoms with Gasteiger partial charge in [0.15, 0.2) is 6.10 Å². The molecule has 1 atom stereocenters. The van der Waals surface area contributed by atoms with Crippen molar-refractivity contribution in [2.45, 2.75) is 45.8 Å². The van der Waals surface area contributed by atoms with Crippen LogP contribution in [0.1, 0.15) is 36.9 Å². The zero-order chi connectivity index (χ0) is 23.1. The zero-order valence-corrected chi connectivity index (χ0v) is 18.9. The first kappa shape index (κ1) is 21.2. The summed E-state index contributed by atoms with van der Waals surface area (Å²) in [7, 11) is 0. The summed E-state index contributed by atoms with van der Waals surface area (Å²) in [5.74, 6) is 0.839. The molecule has 5 nitrogen and oxygen atoms in total. The van der Waals surface area contributed by atoms with Crippen molar-refractivity contribution in [3.8, 4) is 17.1 Å². The van der Waals surface area contributed by atoms with Crippen LogP contribution < -0.4 is 10.1 Å². The highest BCUT2D eigenvalue weighted by Crippen LogP contribution is 2.43. The second-order valence-corrected chi connectivity index (χ2v) is 8.73. The van der Waals surface area contributed by atoms with Crippen LogP contribution in [0.2, 0.25) is 0 Å². The standard InChI is InChI=1S/C27H26FN3O2/c1-16-6-4-8-21(14-16)33-18(3)27(32)30-25-17(2)7-5-9-22(25)26-29-23-15-19(28)10-13-24(23)31(26)20-11-12-20/h4-10,13-15,18,20H,11-12H2,1-3H3,(H,30,32). The molecule has 1 fully saturated rings. The summed E-state index contributed by atoms with van der Waals surface area (Å²) in [5, 5.41) is 3.06. The Morgan fingerprint density at radius 2 is 1.91 bits per heavy atom. The van der Waals surface area contributed by atoms with Gasteiger partial charge in [-0.25, -0.2) is 9.37 Å². The van der Waals surface area contributed by atoms with Crippen LogP contribution in [-0.2, 0) is 4.79 Å². The van der Waals surface area contributed by atoms with Gasteiger partial charge in [-0.2, -0.15) is 0 Å². The van der Waals surface area contributed by atoms with Gasteiger partial charge in [0.05, 0.1) is 16.7 Å². The van der Waals surface area contributed by atoms with Gasteiger partial charge in [-0.1, -0.05) is 24.3 Å². The molecule has 4 aromatic rings. The van der Waals surface area contributed by atoms with Gasteiger partial charge < -0.3 is 14.6 Å². The van der Waals surface area contributed by atoms with Crippen molar-refractivity contribution in [1.82, 2.24) is 9.55 Å². The van der Waals surface area contributed by atoms with E-state index in [1.165, 1.54) is 12.1 Å². The van der Waals surface area contributed by atoms with Crippen LogP contribution in [-0.4, -0.2) is 21.6 Å². The van der Waals surface area contributed by atoms with Crippen molar-refractivity contribution in [3.05, 3.63) is 77.6 Å². The predicted molar refractivity (Wildman–Crippen MR) is 128 cm³/mol. The van der Waals surface area contributed by atoms with E-state index < -0.39 is 6.10 Å². The van der Waals surface area contributed by atoms with E-state index in [0.29, 0.717) is 23.0 Å². The monoisotopic (exact) mass is 443 g/mol. The van der Waals surface area contributed by atoms with Crippen LogP contribution in [0.25, 0.3) is 22.4 Å². The highest BCUT2D eigenvalue weighted by molar-refractivity contribution is 5.99. The topological polar surface area (TPSA) is 56.1 Å². The van der Waals surface area contributed by atoms with Gasteiger partial charge in [0, 0.05) is 17.7 Å². The third-order valence-electron chi connectivity index (χ3n) is 6.00. The molecule has 1 saturated carbocycles. The molecule has 168 valence electrons. The number of anilines is 1. The lowest BCUT2D eigenvalue weighted by atomic mass is 10.1. The minimum Gasteiger partial charge on any atom is -0.481 e. The molecule has 1 aromatic heterocycles. The van der Waals surface area contributed by atoms with Gasteiger partial charge >= 0.3 is 0 Å². The summed E-state index contributed by atoms with van der Waals surface area (Å²) in [4.78, 5) is 17.8. The molecule has 33 heavy (non-hydrogen) atoms. The number of hydrogen-bond donors (Lipinski definition) is 1. The molecule has 1 N–H and O–H groups in total. The van der Waals surface area contributed by atoms with Gasteiger partial charge in [-0.15, -0.1) is 0 Å². The molecule has 0 spiro atoms. The smallest absolute Gasteiger partial charge is 0.265 e. The maximum Gasteiger partial charge on any atom is 0.265 e. The van der Waals surface area contributed by atoms with Crippen LogP contribution in [0.5, 0.6) is 5.75 Å². The van der Waals surface area contributed by atoms with Crippen molar-refractivity contribution < 1.29 is 13.9 Å². The van der Waals surface area contributed by atoms with E-state index in [0.717, 1.165) is 40.9 Å². The van der Waals surface area contributed by atoms with Crippen molar-refractivity contribution in [3.63, 3.8) is 0 Å². The fourth-order valence-electron chi connectivity index (χ4n) is 4.16. The number of aryl methyl sites for hydroxylation is 2. The van der Waals surface area contributed by atoms with Gasteiger partial charge in [0.25, 0.3) is 5.91 Å². The Hall–Kier alpha value is -3.67. The number of rotatable bonds is 6. The fourth-order valence-corrected chi connectivity index (χ4v) is 4.16. The summed E-state index contributed by atoms with van der Waals surface area (Å²) in [6.45, 7) is 5.67. The molecule has 0 aliphatic heterocycles. The number of imidazole rings is 1. The summed E-state index contributed by atoms with van der Waals surface area (Å²) < 4.78 is 21.9. The van der Waals surface area contributed by atoms with Gasteiger partial charge in [-0.3, -0.25) is 4.79 Å². The second-order valence-electron chi connectivity index (χ2n) is 8.73. The number of nitrogens with one attached hydrogen (secondary N) is 1. The second kappa shape index (κ2) is 8.35. The molecule has 0 saturated heterocycles. The van der Waals surface area contributed by atoms with Crippen molar-refractivity contribution in [2.75, 3.05) is 5.32 Å². The molecule has 1 aliphatic carbocycles. The average Bonchev–Trinajstić information content (AvgIpc) is 3.55. The Balaban J connectivity index is 1.50. The Kier molecular flexibility index (Phi) is 5.36. The third kappa shape index (κ3) is 4.21. The number of halogens is 1. The third-order valence-corrected chi connectivity index (χ3v) is 6.00. The number of amides is 1. The number of fused-ring (bicyclic) bond motifs is 1. The molecule has 1 amide bonds. The van der Waals surface area contributed by atoms with Crippen LogP contribution in [0.4, 0.5) is 10.1 Å². The van der Waals surface area contributed by atoms with Gasteiger partial charge in [-0.05, 0) is 75.1 Å². The maximum absolute atomic E-state index is 13.9. The number of benzene rings is 3. The lowest BCUT2D eigenvalue weighted by molar-refractivity contribution is -0.122. The van der Waals surface area contributed by atoms with Gasteiger partial charge in [0.1, 0.15) is 17.4 Å². The Morgan fingerprint density at radius 1 is 1.12 bits per heavy atom. The van der Waals surface area contributed by atoms with Crippen LogP contribution in [0.15, 0.2) is 60.7 Å². The van der Waals surface area contributed by atoms with E-state index in [4.69, 9.17) is 9.72 Å². The van der Waals surface area contributed by atoms with Crippen LogP contribution >= 0.6 is 0 Å². The number of carbonyl (C=O) groups excluding carboxylic acids is 1. The number of nitrogens with zero attached hydrogens (tertiary/aromatic N) is 2. The number of ether oxygens (including phenoxy) is 1. The minimum atomic E-state index is -0.685. The largest absolute Gasteiger partial charge is 0.481 e. The molecule has 3 aromatic carbocycles. The summed E-state index contributed by atoms with van der Waals surface area (Å²) in [6, 6.07) is 18.5. The lowest BCUT2D eigenvalue weighted by Gasteiger charge is -2.19. The average molecular weight is 444 g/mol. The Labute approximate surface area is 192 Å². The molecule has 0 bridgehead atoms. The maximum atomic E-state index is 13.9. The number of aromatic nitrogens is 2. The SMILES string of the molecule is Cc1cccc(OC(C)C(=O)Nc2c(C)cccc2-c2nc3cc(F)ccc3n2C2CC2)c1. The molecule has 1 heterocycles. The number of para-hydroxylation sites is 1. The molecule has 5 rings (SSSR count). The summed E-state index contributed by atoms with van der Waals surface area (Å²) in [5.41, 5.74) is 5.02. The van der Waals surface area contributed by atoms with Crippen molar-refractivity contribution >= 4 is 22.6 Å². The fraction of sp³-hybridized carbons (Fsp3) is 0.259. The van der Waals surface area contributed by atoms with E-state index in [9.17, 15) is 9.18 Å². The molecule has 6 heteroatoms. The first-order valence-electron chi connectivity index (χ1n) is 11.2. The highest BCUT2D eigenvalue weighted by Gasteiger charge is 2.30. The molecule has 1 aliphatic rings. The first-order chi connectivity index (χ1) is 15.9. The summed E-state index contributed by atoms with van der Waals surface area (Å²) >= 11 is 0. The summed E-state index contributed by atoms with van der Waals surface area (Å²) in [6.07, 6.45) is 1.44. The Morgan fingerprint density at radius 3 is 2.67 bits per heavy atom. The van der Waals surface area contributed by atoms with E-state index in [1.807, 2.05) is 56.3 Å². The van der Waals surface area contributed by atoms with Crippen LogP contribution in [0.3, 0.4) is 0 Å². The zero-order valence-electron chi connectivity index (χ0n) is 18.9. The van der Waals surface area contributed by atoms with E-state index >= 15 is 0 Å². The van der Waals surface area contributed by atoms with E-state index in [1.54, 1.807) is 13.0 Å². The first-order valence-corrected chi connectivity index (χ1v) is 11.2. The van der Waals surface area contributed by atoms with E-state index in [2.05, 4.69) is 9.88 Å². The van der Waals surface area contributed by atoms with Crippen molar-refractivity contribution in [1.29, 1.82) is 0 Å². The quantitative estimate of drug-likeness (QED) is 0.386. The molecular weight excluding hydrogens is 417 g/mol.